The van der Waals surface area contributed by atoms with Gasteiger partial charge in [-0.1, -0.05) is 6.92 Å². The van der Waals surface area contributed by atoms with Crippen molar-refractivity contribution in [1.29, 1.82) is 0 Å². The van der Waals surface area contributed by atoms with E-state index in [1.165, 1.54) is 0 Å². The van der Waals surface area contributed by atoms with Gasteiger partial charge in [0.15, 0.2) is 0 Å². The molecule has 0 N–H and O–H groups in total. The number of methoxy groups -OCH3 is 1. The van der Waals surface area contributed by atoms with Gasteiger partial charge in [-0.15, -0.1) is 0 Å². The molecule has 3 aliphatic rings. The molecule has 3 saturated heterocycles. The van der Waals surface area contributed by atoms with Gasteiger partial charge in [-0.2, -0.15) is 0 Å². The fourth-order valence-corrected chi connectivity index (χ4v) is 1.81. The highest BCUT2D eigenvalue weighted by atomic mass is 16.9. The summed E-state index contributed by atoms with van der Waals surface area (Å²) in [5, 5.41) is 0. The molecule has 4 heteroatoms. The summed E-state index contributed by atoms with van der Waals surface area (Å²) >= 11 is 0. The molecule has 3 rings (SSSR count). The molecule has 14 heavy (non-hydrogen) atoms. The number of hydrogen-bond acceptors (Lipinski definition) is 4. The molecule has 1 atom stereocenters. The third-order valence-electron chi connectivity index (χ3n) is 3.34. The number of rotatable bonds is 3. The average Bonchev–Trinajstić information content (AvgIpc) is 2.30. The van der Waals surface area contributed by atoms with E-state index in [0.29, 0.717) is 19.8 Å². The van der Waals surface area contributed by atoms with Crippen molar-refractivity contribution in [3.8, 4) is 0 Å². The molecule has 3 fully saturated rings. The van der Waals surface area contributed by atoms with Crippen molar-refractivity contribution in [2.75, 3.05) is 26.9 Å². The van der Waals surface area contributed by atoms with Gasteiger partial charge in [0.05, 0.1) is 19.8 Å². The Morgan fingerprint density at radius 3 is 2.07 bits per heavy atom. The Kier molecular flexibility index (Phi) is 2.55. The van der Waals surface area contributed by atoms with Crippen LogP contribution in [-0.4, -0.2) is 39.0 Å². The van der Waals surface area contributed by atoms with E-state index in [1.807, 2.05) is 6.92 Å². The van der Waals surface area contributed by atoms with Crippen molar-refractivity contribution in [3.63, 3.8) is 0 Å². The smallest absolute Gasteiger partial charge is 0.310 e. The Morgan fingerprint density at radius 1 is 1.21 bits per heavy atom. The molecule has 3 heterocycles. The topological polar surface area (TPSA) is 36.9 Å². The highest BCUT2D eigenvalue weighted by Crippen LogP contribution is 2.42. The number of fused-ring (bicyclic) bond motifs is 3. The Morgan fingerprint density at radius 2 is 1.71 bits per heavy atom. The van der Waals surface area contributed by atoms with Crippen molar-refractivity contribution in [3.05, 3.63) is 0 Å². The summed E-state index contributed by atoms with van der Waals surface area (Å²) in [7, 11) is 1.63. The fourth-order valence-electron chi connectivity index (χ4n) is 1.81. The highest BCUT2D eigenvalue weighted by Gasteiger charge is 2.54. The van der Waals surface area contributed by atoms with Crippen molar-refractivity contribution in [2.24, 2.45) is 5.41 Å². The van der Waals surface area contributed by atoms with Crippen LogP contribution in [0.2, 0.25) is 0 Å². The number of hydrogen-bond donors (Lipinski definition) is 0. The molecule has 0 radical (unpaired) electrons. The molecule has 1 unspecified atom stereocenters. The van der Waals surface area contributed by atoms with Crippen molar-refractivity contribution >= 4 is 0 Å². The normalized spacial score (nSPS) is 43.9. The maximum Gasteiger partial charge on any atom is 0.310 e. The van der Waals surface area contributed by atoms with Gasteiger partial charge in [0.2, 0.25) is 0 Å². The summed E-state index contributed by atoms with van der Waals surface area (Å²) in [4.78, 5) is 0. The van der Waals surface area contributed by atoms with E-state index in [2.05, 4.69) is 6.92 Å². The third kappa shape index (κ3) is 1.37. The maximum absolute atomic E-state index is 5.64. The zero-order valence-corrected chi connectivity index (χ0v) is 9.04. The first kappa shape index (κ1) is 10.4. The van der Waals surface area contributed by atoms with Gasteiger partial charge in [-0.3, -0.25) is 0 Å². The lowest BCUT2D eigenvalue weighted by Crippen LogP contribution is -2.64. The van der Waals surface area contributed by atoms with Crippen LogP contribution in [0.4, 0.5) is 0 Å². The zero-order chi connectivity index (χ0) is 10.2. The first-order chi connectivity index (χ1) is 6.66. The Labute approximate surface area is 84.5 Å². The largest absolute Gasteiger partial charge is 0.373 e. The van der Waals surface area contributed by atoms with Crippen LogP contribution in [0, 0.1) is 5.41 Å². The molecule has 0 aromatic heterocycles. The molecule has 2 bridgehead atoms. The van der Waals surface area contributed by atoms with Crippen LogP contribution in [-0.2, 0) is 18.9 Å². The van der Waals surface area contributed by atoms with Gasteiger partial charge in [-0.05, 0) is 13.3 Å². The molecule has 0 amide bonds. The van der Waals surface area contributed by atoms with Crippen LogP contribution < -0.4 is 0 Å². The Bertz CT molecular complexity index is 192. The van der Waals surface area contributed by atoms with E-state index in [1.54, 1.807) is 7.11 Å². The highest BCUT2D eigenvalue weighted by molar-refractivity contribution is 4.89. The predicted molar refractivity (Wildman–Crippen MR) is 49.8 cm³/mol. The van der Waals surface area contributed by atoms with E-state index in [4.69, 9.17) is 18.9 Å². The second kappa shape index (κ2) is 3.45. The predicted octanol–water partition coefficient (Wildman–Crippen LogP) is 1.15. The third-order valence-corrected chi connectivity index (χ3v) is 3.34. The molecule has 82 valence electrons. The maximum atomic E-state index is 5.64. The summed E-state index contributed by atoms with van der Waals surface area (Å²) in [6.07, 6.45) is 0.822. The van der Waals surface area contributed by atoms with Crippen molar-refractivity contribution < 1.29 is 18.9 Å². The van der Waals surface area contributed by atoms with Crippen LogP contribution in [0.3, 0.4) is 0 Å². The first-order valence-electron chi connectivity index (χ1n) is 5.11. The second-order valence-electron chi connectivity index (χ2n) is 4.20. The molecule has 0 aromatic carbocycles. The van der Waals surface area contributed by atoms with Crippen molar-refractivity contribution in [1.82, 2.24) is 0 Å². The summed E-state index contributed by atoms with van der Waals surface area (Å²) < 4.78 is 22.1. The quantitative estimate of drug-likeness (QED) is 0.688. The second-order valence-corrected chi connectivity index (χ2v) is 4.20. The Balaban J connectivity index is 2.08. The van der Waals surface area contributed by atoms with Gasteiger partial charge in [0.25, 0.3) is 0 Å². The van der Waals surface area contributed by atoms with Crippen LogP contribution >= 0.6 is 0 Å². The van der Waals surface area contributed by atoms with Crippen LogP contribution in [0.25, 0.3) is 0 Å². The summed E-state index contributed by atoms with van der Waals surface area (Å²) in [6.45, 7) is 6.14. The minimum absolute atomic E-state index is 0.0647. The van der Waals surface area contributed by atoms with Gasteiger partial charge >= 0.3 is 5.97 Å². The summed E-state index contributed by atoms with van der Waals surface area (Å²) in [5.74, 6) is -0.953. The minimum atomic E-state index is -0.953. The van der Waals surface area contributed by atoms with Crippen LogP contribution in [0.15, 0.2) is 0 Å². The molecular formula is C10H18O4. The molecule has 0 aliphatic carbocycles. The molecule has 0 aromatic rings. The molecule has 4 nitrogen and oxygen atoms in total. The van der Waals surface area contributed by atoms with E-state index in [0.717, 1.165) is 6.42 Å². The summed E-state index contributed by atoms with van der Waals surface area (Å²) in [6, 6.07) is 0. The van der Waals surface area contributed by atoms with Gasteiger partial charge in [-0.25, -0.2) is 0 Å². The monoisotopic (exact) mass is 202 g/mol. The lowest BCUT2D eigenvalue weighted by Gasteiger charge is -2.53. The van der Waals surface area contributed by atoms with Gasteiger partial charge < -0.3 is 18.9 Å². The first-order valence-corrected chi connectivity index (χ1v) is 5.11. The van der Waals surface area contributed by atoms with Crippen molar-refractivity contribution in [2.45, 2.75) is 32.3 Å². The molecule has 0 saturated carbocycles. The molecular weight excluding hydrogens is 184 g/mol. The van der Waals surface area contributed by atoms with Gasteiger partial charge in [0, 0.05) is 12.5 Å². The lowest BCUT2D eigenvalue weighted by atomic mass is 9.86. The lowest BCUT2D eigenvalue weighted by molar-refractivity contribution is -0.490. The zero-order valence-electron chi connectivity index (χ0n) is 9.04. The standard InChI is InChI=1S/C10H18O4/c1-4-9-5-12-10(13-6-9,14-7-9)8(2)11-3/h8H,4-7H2,1-3H3. The van der Waals surface area contributed by atoms with Crippen LogP contribution in [0.1, 0.15) is 20.3 Å². The van der Waals surface area contributed by atoms with Crippen LogP contribution in [0.5, 0.6) is 0 Å². The fraction of sp³-hybridized carbons (Fsp3) is 1.00. The molecule has 0 spiro atoms. The molecule has 3 aliphatic heterocycles. The van der Waals surface area contributed by atoms with Gasteiger partial charge in [0.1, 0.15) is 6.10 Å². The minimum Gasteiger partial charge on any atom is -0.373 e. The van der Waals surface area contributed by atoms with E-state index in [9.17, 15) is 0 Å². The SMILES string of the molecule is CCC12COC(C(C)OC)(OC1)OC2. The van der Waals surface area contributed by atoms with E-state index < -0.39 is 5.97 Å². The van der Waals surface area contributed by atoms with E-state index in [-0.39, 0.29) is 11.5 Å². The average molecular weight is 202 g/mol. The summed E-state index contributed by atoms with van der Waals surface area (Å²) in [5.41, 5.74) is 0.0647. The number of ether oxygens (including phenoxy) is 4. The van der Waals surface area contributed by atoms with E-state index >= 15 is 0 Å². The Hall–Kier alpha value is -0.160.